The summed E-state index contributed by atoms with van der Waals surface area (Å²) in [5.74, 6) is -1.77. The molecule has 4 atom stereocenters. The van der Waals surface area contributed by atoms with Crippen molar-refractivity contribution in [3.63, 3.8) is 0 Å². The monoisotopic (exact) mass is 255 g/mol. The maximum absolute atomic E-state index is 12.1. The van der Waals surface area contributed by atoms with Gasteiger partial charge in [0, 0.05) is 18.6 Å². The van der Waals surface area contributed by atoms with E-state index < -0.39 is 11.9 Å². The number of nitrogens with one attached hydrogen (secondary N) is 1. The van der Waals surface area contributed by atoms with Crippen LogP contribution in [-0.2, 0) is 9.59 Å². The van der Waals surface area contributed by atoms with Crippen molar-refractivity contribution < 1.29 is 19.8 Å². The zero-order valence-electron chi connectivity index (χ0n) is 10.5. The minimum Gasteiger partial charge on any atom is -0.481 e. The molecule has 4 unspecified atom stereocenters. The highest BCUT2D eigenvalue weighted by atomic mass is 16.4. The average molecular weight is 255 g/mol. The van der Waals surface area contributed by atoms with Gasteiger partial charge in [-0.15, -0.1) is 0 Å². The van der Waals surface area contributed by atoms with E-state index in [2.05, 4.69) is 5.32 Å². The summed E-state index contributed by atoms with van der Waals surface area (Å²) in [6, 6.07) is 0.0255. The van der Waals surface area contributed by atoms with Gasteiger partial charge in [0.25, 0.3) is 0 Å². The normalized spacial score (nSPS) is 35.6. The van der Waals surface area contributed by atoms with E-state index in [1.165, 1.54) is 0 Å². The van der Waals surface area contributed by atoms with Crippen LogP contribution in [0.15, 0.2) is 0 Å². The second-order valence-corrected chi connectivity index (χ2v) is 5.47. The summed E-state index contributed by atoms with van der Waals surface area (Å²) in [4.78, 5) is 23.2. The summed E-state index contributed by atoms with van der Waals surface area (Å²) in [6.07, 6.45) is 4.92. The molecule has 0 saturated heterocycles. The smallest absolute Gasteiger partial charge is 0.307 e. The third-order valence-electron chi connectivity index (χ3n) is 4.39. The minimum atomic E-state index is -0.863. The van der Waals surface area contributed by atoms with Crippen LogP contribution in [0, 0.1) is 17.8 Å². The number of rotatable bonds is 4. The van der Waals surface area contributed by atoms with Gasteiger partial charge in [-0.2, -0.15) is 0 Å². The fourth-order valence-corrected chi connectivity index (χ4v) is 3.30. The Morgan fingerprint density at radius 3 is 2.39 bits per heavy atom. The van der Waals surface area contributed by atoms with Crippen LogP contribution in [0.3, 0.4) is 0 Å². The Balaban J connectivity index is 1.93. The number of carboxylic acids is 1. The van der Waals surface area contributed by atoms with Crippen LogP contribution < -0.4 is 5.32 Å². The van der Waals surface area contributed by atoms with Crippen LogP contribution in [0.25, 0.3) is 0 Å². The Kier molecular flexibility index (Phi) is 4.22. The van der Waals surface area contributed by atoms with Crippen molar-refractivity contribution in [1.82, 2.24) is 5.32 Å². The van der Waals surface area contributed by atoms with E-state index in [1.807, 2.05) is 0 Å². The SMILES string of the molecule is O=C(O)C1CCCC1C(=O)NC1CCCC1CO. The summed E-state index contributed by atoms with van der Waals surface area (Å²) in [6.45, 7) is 0.0952. The first-order valence-electron chi connectivity index (χ1n) is 6.77. The van der Waals surface area contributed by atoms with E-state index in [-0.39, 0.29) is 30.4 Å². The molecule has 0 aromatic carbocycles. The van der Waals surface area contributed by atoms with Gasteiger partial charge in [-0.3, -0.25) is 9.59 Å². The van der Waals surface area contributed by atoms with Crippen molar-refractivity contribution in [2.75, 3.05) is 6.61 Å². The molecule has 2 fully saturated rings. The Morgan fingerprint density at radius 1 is 1.06 bits per heavy atom. The van der Waals surface area contributed by atoms with Crippen LogP contribution in [0.4, 0.5) is 0 Å². The average Bonchev–Trinajstić information content (AvgIpc) is 2.96. The molecule has 0 aromatic heterocycles. The number of aliphatic carboxylic acids is 1. The maximum atomic E-state index is 12.1. The minimum absolute atomic E-state index is 0.0255. The lowest BCUT2D eigenvalue weighted by molar-refractivity contribution is -0.146. The molecule has 5 nitrogen and oxygen atoms in total. The van der Waals surface area contributed by atoms with Gasteiger partial charge in [0.1, 0.15) is 0 Å². The van der Waals surface area contributed by atoms with E-state index in [0.717, 1.165) is 25.7 Å². The van der Waals surface area contributed by atoms with Crippen LogP contribution in [0.2, 0.25) is 0 Å². The van der Waals surface area contributed by atoms with E-state index in [0.29, 0.717) is 12.8 Å². The predicted molar refractivity (Wildman–Crippen MR) is 64.8 cm³/mol. The van der Waals surface area contributed by atoms with Crippen molar-refractivity contribution in [3.8, 4) is 0 Å². The molecule has 1 amide bonds. The Bertz CT molecular complexity index is 331. The number of aliphatic hydroxyl groups is 1. The predicted octanol–water partition coefficient (Wildman–Crippen LogP) is 0.764. The summed E-state index contributed by atoms with van der Waals surface area (Å²) in [5, 5.41) is 21.2. The molecule has 0 aliphatic heterocycles. The molecule has 0 bridgehead atoms. The molecular weight excluding hydrogens is 234 g/mol. The first kappa shape index (κ1) is 13.3. The first-order chi connectivity index (χ1) is 8.63. The Morgan fingerprint density at radius 2 is 1.72 bits per heavy atom. The maximum Gasteiger partial charge on any atom is 0.307 e. The molecule has 3 N–H and O–H groups in total. The van der Waals surface area contributed by atoms with E-state index in [4.69, 9.17) is 5.11 Å². The third kappa shape index (κ3) is 2.66. The Hall–Kier alpha value is -1.10. The largest absolute Gasteiger partial charge is 0.481 e. The molecule has 18 heavy (non-hydrogen) atoms. The number of hydrogen-bond donors (Lipinski definition) is 3. The standard InChI is InChI=1S/C13H21NO4/c15-7-8-3-1-6-11(8)14-12(16)9-4-2-5-10(9)13(17)18/h8-11,15H,1-7H2,(H,14,16)(H,17,18). The van der Waals surface area contributed by atoms with Crippen molar-refractivity contribution in [3.05, 3.63) is 0 Å². The summed E-state index contributed by atoms with van der Waals surface area (Å²) < 4.78 is 0. The van der Waals surface area contributed by atoms with Gasteiger partial charge >= 0.3 is 5.97 Å². The number of carbonyl (C=O) groups is 2. The van der Waals surface area contributed by atoms with Gasteiger partial charge in [0.15, 0.2) is 0 Å². The van der Waals surface area contributed by atoms with Crippen molar-refractivity contribution in [2.45, 2.75) is 44.6 Å². The number of carbonyl (C=O) groups excluding carboxylic acids is 1. The van der Waals surface area contributed by atoms with Crippen LogP contribution in [-0.4, -0.2) is 34.7 Å². The molecule has 0 radical (unpaired) electrons. The lowest BCUT2D eigenvalue weighted by atomic mass is 9.94. The first-order valence-corrected chi connectivity index (χ1v) is 6.77. The zero-order valence-corrected chi connectivity index (χ0v) is 10.5. The molecule has 2 aliphatic rings. The number of aliphatic hydroxyl groups excluding tert-OH is 1. The highest BCUT2D eigenvalue weighted by Gasteiger charge is 2.39. The van der Waals surface area contributed by atoms with Crippen molar-refractivity contribution in [1.29, 1.82) is 0 Å². The van der Waals surface area contributed by atoms with Crippen LogP contribution >= 0.6 is 0 Å². The van der Waals surface area contributed by atoms with Gasteiger partial charge in [-0.25, -0.2) is 0 Å². The van der Waals surface area contributed by atoms with Crippen LogP contribution in [0.1, 0.15) is 38.5 Å². The molecule has 5 heteroatoms. The van der Waals surface area contributed by atoms with E-state index >= 15 is 0 Å². The fourth-order valence-electron chi connectivity index (χ4n) is 3.30. The van der Waals surface area contributed by atoms with Gasteiger partial charge in [0.2, 0.25) is 5.91 Å². The molecular formula is C13H21NO4. The second kappa shape index (κ2) is 5.69. The number of hydrogen-bond acceptors (Lipinski definition) is 3. The quantitative estimate of drug-likeness (QED) is 0.692. The molecule has 2 aliphatic carbocycles. The summed E-state index contributed by atoms with van der Waals surface area (Å²) in [7, 11) is 0. The molecule has 102 valence electrons. The van der Waals surface area contributed by atoms with Gasteiger partial charge in [0.05, 0.1) is 11.8 Å². The second-order valence-electron chi connectivity index (χ2n) is 5.47. The lowest BCUT2D eigenvalue weighted by Crippen LogP contribution is -2.43. The highest BCUT2D eigenvalue weighted by Crippen LogP contribution is 2.33. The molecule has 0 aromatic rings. The highest BCUT2D eigenvalue weighted by molar-refractivity contribution is 5.85. The lowest BCUT2D eigenvalue weighted by Gasteiger charge is -2.22. The molecule has 2 rings (SSSR count). The number of carboxylic acid groups (broad SMARTS) is 1. The molecule has 0 heterocycles. The van der Waals surface area contributed by atoms with Gasteiger partial charge < -0.3 is 15.5 Å². The summed E-state index contributed by atoms with van der Waals surface area (Å²) >= 11 is 0. The van der Waals surface area contributed by atoms with E-state index in [1.54, 1.807) is 0 Å². The van der Waals surface area contributed by atoms with Gasteiger partial charge in [-0.1, -0.05) is 12.8 Å². The van der Waals surface area contributed by atoms with E-state index in [9.17, 15) is 14.7 Å². The molecule has 0 spiro atoms. The Labute approximate surface area is 107 Å². The number of amides is 1. The van der Waals surface area contributed by atoms with Crippen LogP contribution in [0.5, 0.6) is 0 Å². The zero-order chi connectivity index (χ0) is 13.1. The fraction of sp³-hybridized carbons (Fsp3) is 0.846. The van der Waals surface area contributed by atoms with Gasteiger partial charge in [-0.05, 0) is 25.7 Å². The topological polar surface area (TPSA) is 86.6 Å². The molecule has 2 saturated carbocycles. The van der Waals surface area contributed by atoms with Crippen molar-refractivity contribution >= 4 is 11.9 Å². The summed E-state index contributed by atoms with van der Waals surface area (Å²) in [5.41, 5.74) is 0. The third-order valence-corrected chi connectivity index (χ3v) is 4.39. The van der Waals surface area contributed by atoms with Crippen molar-refractivity contribution in [2.24, 2.45) is 17.8 Å².